The molecule has 0 aliphatic carbocycles. The lowest BCUT2D eigenvalue weighted by Crippen LogP contribution is -2.16. The molecule has 0 fully saturated rings. The number of halogens is 2. The molecule has 1 heterocycles. The van der Waals surface area contributed by atoms with Gasteiger partial charge in [0.2, 0.25) is 0 Å². The standard InChI is InChI=1S/C13H14F2N2OS/c1-13(2,3)12-11(19-17-16-12)10(18)7-4-5-8(14)9(15)6-7/h4-6,10,18H,1-3H3. The molecule has 19 heavy (non-hydrogen) atoms. The zero-order chi connectivity index (χ0) is 14.2. The van der Waals surface area contributed by atoms with Crippen LogP contribution < -0.4 is 0 Å². The van der Waals surface area contributed by atoms with Gasteiger partial charge in [0.25, 0.3) is 0 Å². The molecular weight excluding hydrogens is 270 g/mol. The smallest absolute Gasteiger partial charge is 0.159 e. The lowest BCUT2D eigenvalue weighted by atomic mass is 9.89. The molecule has 1 N–H and O–H groups in total. The fourth-order valence-electron chi connectivity index (χ4n) is 1.73. The average molecular weight is 284 g/mol. The van der Waals surface area contributed by atoms with Gasteiger partial charge in [-0.2, -0.15) is 0 Å². The summed E-state index contributed by atoms with van der Waals surface area (Å²) in [6, 6.07) is 3.35. The Bertz CT molecular complexity index is 593. The fraction of sp³-hybridized carbons (Fsp3) is 0.385. The van der Waals surface area contributed by atoms with Crippen molar-refractivity contribution >= 4 is 11.5 Å². The van der Waals surface area contributed by atoms with E-state index < -0.39 is 17.7 Å². The van der Waals surface area contributed by atoms with E-state index in [1.54, 1.807) is 0 Å². The molecular formula is C13H14F2N2OS. The van der Waals surface area contributed by atoms with Gasteiger partial charge in [-0.3, -0.25) is 0 Å². The van der Waals surface area contributed by atoms with E-state index in [2.05, 4.69) is 9.59 Å². The van der Waals surface area contributed by atoms with Gasteiger partial charge in [-0.1, -0.05) is 31.3 Å². The highest BCUT2D eigenvalue weighted by Gasteiger charge is 2.27. The van der Waals surface area contributed by atoms with Gasteiger partial charge in [-0.25, -0.2) is 8.78 Å². The van der Waals surface area contributed by atoms with Crippen LogP contribution in [0.4, 0.5) is 8.78 Å². The first kappa shape index (κ1) is 14.0. The minimum atomic E-state index is -1.05. The minimum Gasteiger partial charge on any atom is -0.383 e. The van der Waals surface area contributed by atoms with E-state index >= 15 is 0 Å². The molecule has 1 atom stereocenters. The van der Waals surface area contributed by atoms with E-state index in [1.165, 1.54) is 6.07 Å². The summed E-state index contributed by atoms with van der Waals surface area (Å²) < 4.78 is 29.9. The van der Waals surface area contributed by atoms with Crippen LogP contribution in [0, 0.1) is 11.6 Å². The Hall–Kier alpha value is -1.40. The summed E-state index contributed by atoms with van der Waals surface area (Å²) in [4.78, 5) is 0.554. The number of benzene rings is 1. The van der Waals surface area contributed by atoms with Gasteiger partial charge in [0, 0.05) is 5.41 Å². The predicted octanol–water partition coefficient (Wildman–Crippen LogP) is 3.20. The Morgan fingerprint density at radius 1 is 1.21 bits per heavy atom. The van der Waals surface area contributed by atoms with Gasteiger partial charge in [-0.15, -0.1) is 5.10 Å². The molecule has 0 aliphatic heterocycles. The van der Waals surface area contributed by atoms with Gasteiger partial charge in [-0.05, 0) is 29.2 Å². The maximum absolute atomic E-state index is 13.2. The summed E-state index contributed by atoms with van der Waals surface area (Å²) >= 11 is 1.06. The summed E-state index contributed by atoms with van der Waals surface area (Å²) in [5.74, 6) is -1.92. The molecule has 0 radical (unpaired) electrons. The number of nitrogens with zero attached hydrogens (tertiary/aromatic N) is 2. The molecule has 2 aromatic rings. The molecule has 1 aromatic carbocycles. The minimum absolute atomic E-state index is 0.276. The van der Waals surface area contributed by atoms with Crippen LogP contribution in [0.1, 0.15) is 43.0 Å². The van der Waals surface area contributed by atoms with Gasteiger partial charge in [0.1, 0.15) is 6.10 Å². The zero-order valence-corrected chi connectivity index (χ0v) is 11.6. The van der Waals surface area contributed by atoms with Crippen LogP contribution >= 0.6 is 11.5 Å². The number of aliphatic hydroxyl groups excluding tert-OH is 1. The van der Waals surface area contributed by atoms with Crippen molar-refractivity contribution in [1.29, 1.82) is 0 Å². The molecule has 6 heteroatoms. The summed E-state index contributed by atoms with van der Waals surface area (Å²) in [6.07, 6.45) is -1.05. The summed E-state index contributed by atoms with van der Waals surface area (Å²) in [6.45, 7) is 5.85. The molecule has 2 rings (SSSR count). The molecule has 102 valence electrons. The third-order valence-corrected chi connectivity index (χ3v) is 3.51. The van der Waals surface area contributed by atoms with Gasteiger partial charge in [0.15, 0.2) is 11.6 Å². The first-order chi connectivity index (χ1) is 8.80. The molecule has 3 nitrogen and oxygen atoms in total. The zero-order valence-electron chi connectivity index (χ0n) is 10.8. The predicted molar refractivity (Wildman–Crippen MR) is 69.0 cm³/mol. The number of hydrogen-bond donors (Lipinski definition) is 1. The molecule has 0 aliphatic rings. The molecule has 0 amide bonds. The third-order valence-electron chi connectivity index (χ3n) is 2.73. The largest absolute Gasteiger partial charge is 0.383 e. The van der Waals surface area contributed by atoms with Gasteiger partial charge >= 0.3 is 0 Å². The average Bonchev–Trinajstić information content (AvgIpc) is 2.80. The Morgan fingerprint density at radius 3 is 2.47 bits per heavy atom. The Labute approximate surface area is 114 Å². The summed E-state index contributed by atoms with van der Waals surface area (Å²) in [5.41, 5.74) is 0.673. The van der Waals surface area contributed by atoms with Crippen LogP contribution in [0.15, 0.2) is 18.2 Å². The van der Waals surface area contributed by atoms with Crippen LogP contribution in [0.5, 0.6) is 0 Å². The first-order valence-corrected chi connectivity index (χ1v) is 6.54. The van der Waals surface area contributed by atoms with Crippen LogP contribution in [0.2, 0.25) is 0 Å². The second kappa shape index (κ2) is 4.94. The van der Waals surface area contributed by atoms with Gasteiger partial charge in [0.05, 0.1) is 10.6 Å². The maximum atomic E-state index is 13.2. The maximum Gasteiger partial charge on any atom is 0.159 e. The van der Waals surface area contributed by atoms with Crippen molar-refractivity contribution in [3.63, 3.8) is 0 Å². The van der Waals surface area contributed by atoms with Gasteiger partial charge < -0.3 is 5.11 Å². The van der Waals surface area contributed by atoms with Crippen molar-refractivity contribution in [2.24, 2.45) is 0 Å². The normalized spacial score (nSPS) is 13.6. The second-order valence-electron chi connectivity index (χ2n) is 5.31. The van der Waals surface area contributed by atoms with Crippen molar-refractivity contribution in [3.8, 4) is 0 Å². The molecule has 0 saturated heterocycles. The van der Waals surface area contributed by atoms with E-state index in [4.69, 9.17) is 0 Å². The second-order valence-corrected chi connectivity index (χ2v) is 6.10. The lowest BCUT2D eigenvalue weighted by molar-refractivity contribution is 0.220. The van der Waals surface area contributed by atoms with Crippen LogP contribution in [-0.4, -0.2) is 14.7 Å². The quantitative estimate of drug-likeness (QED) is 0.921. The van der Waals surface area contributed by atoms with Crippen molar-refractivity contribution < 1.29 is 13.9 Å². The van der Waals surface area contributed by atoms with E-state index in [0.29, 0.717) is 10.6 Å². The van der Waals surface area contributed by atoms with E-state index in [0.717, 1.165) is 23.7 Å². The lowest BCUT2D eigenvalue weighted by Gasteiger charge is -2.19. The number of aromatic nitrogens is 2. The third kappa shape index (κ3) is 2.79. The number of aliphatic hydroxyl groups is 1. The molecule has 1 unspecified atom stereocenters. The topological polar surface area (TPSA) is 46.0 Å². The van der Waals surface area contributed by atoms with E-state index in [9.17, 15) is 13.9 Å². The first-order valence-electron chi connectivity index (χ1n) is 5.76. The highest BCUT2D eigenvalue weighted by Crippen LogP contribution is 2.33. The van der Waals surface area contributed by atoms with Crippen LogP contribution in [0.3, 0.4) is 0 Å². The Balaban J connectivity index is 2.42. The number of hydrogen-bond acceptors (Lipinski definition) is 4. The van der Waals surface area contributed by atoms with Crippen molar-refractivity contribution in [1.82, 2.24) is 9.59 Å². The van der Waals surface area contributed by atoms with E-state index in [-0.39, 0.29) is 11.0 Å². The molecule has 1 aromatic heterocycles. The summed E-state index contributed by atoms with van der Waals surface area (Å²) in [5, 5.41) is 14.3. The van der Waals surface area contributed by atoms with Crippen molar-refractivity contribution in [2.75, 3.05) is 0 Å². The van der Waals surface area contributed by atoms with Crippen molar-refractivity contribution in [3.05, 3.63) is 46.0 Å². The highest BCUT2D eigenvalue weighted by molar-refractivity contribution is 7.05. The van der Waals surface area contributed by atoms with Crippen LogP contribution in [0.25, 0.3) is 0 Å². The number of rotatable bonds is 2. The fourth-order valence-corrected chi connectivity index (χ4v) is 2.61. The summed E-state index contributed by atoms with van der Waals surface area (Å²) in [7, 11) is 0. The molecule has 0 saturated carbocycles. The van der Waals surface area contributed by atoms with Crippen molar-refractivity contribution in [2.45, 2.75) is 32.3 Å². The molecule has 0 spiro atoms. The molecule has 0 bridgehead atoms. The highest BCUT2D eigenvalue weighted by atomic mass is 32.1. The Kier molecular flexibility index (Phi) is 3.64. The Morgan fingerprint density at radius 2 is 1.89 bits per heavy atom. The SMILES string of the molecule is CC(C)(C)c1nnsc1C(O)c1ccc(F)c(F)c1. The van der Waals surface area contributed by atoms with E-state index in [1.807, 2.05) is 20.8 Å². The monoisotopic (exact) mass is 284 g/mol. The van der Waals surface area contributed by atoms with Crippen LogP contribution in [-0.2, 0) is 5.41 Å².